The zero-order chi connectivity index (χ0) is 9.26. The van der Waals surface area contributed by atoms with E-state index < -0.39 is 0 Å². The van der Waals surface area contributed by atoms with Crippen molar-refractivity contribution in [2.75, 3.05) is 13.1 Å². The molecule has 1 saturated heterocycles. The Kier molecular flexibility index (Phi) is 1.75. The molecule has 0 saturated carbocycles. The first-order valence-electron chi connectivity index (χ1n) is 4.11. The maximum absolute atomic E-state index is 11.6. The number of nitrogens with zero attached hydrogens (tertiary/aromatic N) is 2. The van der Waals surface area contributed by atoms with Crippen molar-refractivity contribution >= 4 is 5.91 Å². The van der Waals surface area contributed by atoms with Crippen LogP contribution >= 0.6 is 0 Å². The summed E-state index contributed by atoms with van der Waals surface area (Å²) in [4.78, 5) is 13.3. The van der Waals surface area contributed by atoms with Crippen LogP contribution in [0.3, 0.4) is 0 Å². The summed E-state index contributed by atoms with van der Waals surface area (Å²) in [5.74, 6) is -0.0304. The van der Waals surface area contributed by atoms with Gasteiger partial charge in [-0.1, -0.05) is 12.1 Å². The first-order valence-corrected chi connectivity index (χ1v) is 4.11. The standard InChI is InChI=1S/C10H8N2O/c11-7-8-3-1-2-4-9(8)10(13)12-5-6-12/h1-4H,5-6H2. The van der Waals surface area contributed by atoms with Gasteiger partial charge in [-0.2, -0.15) is 5.26 Å². The molecule has 0 radical (unpaired) electrons. The van der Waals surface area contributed by atoms with E-state index in [-0.39, 0.29) is 5.91 Å². The van der Waals surface area contributed by atoms with E-state index in [1.54, 1.807) is 29.2 Å². The van der Waals surface area contributed by atoms with Gasteiger partial charge in [0, 0.05) is 13.1 Å². The lowest BCUT2D eigenvalue weighted by atomic mass is 10.1. The Hall–Kier alpha value is -1.82. The first-order chi connectivity index (χ1) is 6.33. The number of carbonyl (C=O) groups excluding carboxylic acids is 1. The number of hydrogen-bond acceptors (Lipinski definition) is 2. The van der Waals surface area contributed by atoms with Crippen LogP contribution in [0.4, 0.5) is 0 Å². The van der Waals surface area contributed by atoms with Crippen molar-refractivity contribution in [3.8, 4) is 6.07 Å². The minimum atomic E-state index is -0.0304. The van der Waals surface area contributed by atoms with Crippen LogP contribution in [0.5, 0.6) is 0 Å². The molecule has 1 fully saturated rings. The van der Waals surface area contributed by atoms with Crippen LogP contribution in [0.25, 0.3) is 0 Å². The van der Waals surface area contributed by atoms with E-state index in [0.29, 0.717) is 11.1 Å². The highest BCUT2D eigenvalue weighted by Gasteiger charge is 2.26. The third kappa shape index (κ3) is 1.38. The van der Waals surface area contributed by atoms with E-state index in [9.17, 15) is 4.79 Å². The lowest BCUT2D eigenvalue weighted by Crippen LogP contribution is -2.11. The summed E-state index contributed by atoms with van der Waals surface area (Å²) in [6.07, 6.45) is 0. The Morgan fingerprint density at radius 2 is 2.08 bits per heavy atom. The SMILES string of the molecule is N#Cc1ccccc1C(=O)N1CC1. The number of rotatable bonds is 1. The van der Waals surface area contributed by atoms with E-state index in [0.717, 1.165) is 13.1 Å². The minimum absolute atomic E-state index is 0.0304. The van der Waals surface area contributed by atoms with Gasteiger partial charge >= 0.3 is 0 Å². The zero-order valence-corrected chi connectivity index (χ0v) is 7.03. The highest BCUT2D eigenvalue weighted by atomic mass is 16.2. The van der Waals surface area contributed by atoms with Crippen LogP contribution in [0.15, 0.2) is 24.3 Å². The maximum Gasteiger partial charge on any atom is 0.255 e. The summed E-state index contributed by atoms with van der Waals surface area (Å²) in [6.45, 7) is 1.64. The summed E-state index contributed by atoms with van der Waals surface area (Å²) in [5.41, 5.74) is 0.974. The Morgan fingerprint density at radius 1 is 1.38 bits per heavy atom. The van der Waals surface area contributed by atoms with E-state index >= 15 is 0 Å². The van der Waals surface area contributed by atoms with E-state index in [1.807, 2.05) is 6.07 Å². The summed E-state index contributed by atoms with van der Waals surface area (Å²) in [7, 11) is 0. The largest absolute Gasteiger partial charge is 0.335 e. The van der Waals surface area contributed by atoms with E-state index in [4.69, 9.17) is 5.26 Å². The van der Waals surface area contributed by atoms with Crippen molar-refractivity contribution in [2.45, 2.75) is 0 Å². The quantitative estimate of drug-likeness (QED) is 0.593. The van der Waals surface area contributed by atoms with Crippen LogP contribution in [0.2, 0.25) is 0 Å². The van der Waals surface area contributed by atoms with E-state index in [2.05, 4.69) is 0 Å². The molecule has 1 aliphatic rings. The van der Waals surface area contributed by atoms with Gasteiger partial charge in [-0.3, -0.25) is 4.79 Å². The summed E-state index contributed by atoms with van der Waals surface area (Å²) in [5, 5.41) is 8.75. The fourth-order valence-electron chi connectivity index (χ4n) is 1.19. The molecular formula is C10H8N2O. The van der Waals surface area contributed by atoms with Crippen LogP contribution < -0.4 is 0 Å². The first kappa shape index (κ1) is 7.81. The van der Waals surface area contributed by atoms with Crippen LogP contribution in [0.1, 0.15) is 15.9 Å². The molecular weight excluding hydrogens is 164 g/mol. The van der Waals surface area contributed by atoms with Gasteiger partial charge in [-0.05, 0) is 12.1 Å². The molecule has 0 spiro atoms. The van der Waals surface area contributed by atoms with Gasteiger partial charge in [0.2, 0.25) is 0 Å². The van der Waals surface area contributed by atoms with Crippen molar-refractivity contribution in [1.82, 2.24) is 4.90 Å². The molecule has 64 valence electrons. The third-order valence-electron chi connectivity index (χ3n) is 2.01. The van der Waals surface area contributed by atoms with Crippen molar-refractivity contribution in [2.24, 2.45) is 0 Å². The second-order valence-electron chi connectivity index (χ2n) is 2.95. The lowest BCUT2D eigenvalue weighted by molar-refractivity contribution is 0.0885. The molecule has 0 atom stereocenters. The van der Waals surface area contributed by atoms with Crippen molar-refractivity contribution in [3.05, 3.63) is 35.4 Å². The highest BCUT2D eigenvalue weighted by Crippen LogP contribution is 2.15. The van der Waals surface area contributed by atoms with Gasteiger partial charge in [0.25, 0.3) is 5.91 Å². The van der Waals surface area contributed by atoms with Crippen LogP contribution in [-0.2, 0) is 0 Å². The molecule has 3 nitrogen and oxygen atoms in total. The average Bonchev–Trinajstić information content (AvgIpc) is 3.00. The van der Waals surface area contributed by atoms with Crippen LogP contribution in [0, 0.1) is 11.3 Å². The Labute approximate surface area is 76.2 Å². The molecule has 1 aliphatic heterocycles. The fourth-order valence-corrected chi connectivity index (χ4v) is 1.19. The number of benzene rings is 1. The molecule has 13 heavy (non-hydrogen) atoms. The second-order valence-corrected chi connectivity index (χ2v) is 2.95. The predicted octanol–water partition coefficient (Wildman–Crippen LogP) is 1.01. The lowest BCUT2D eigenvalue weighted by Gasteiger charge is -2.02. The van der Waals surface area contributed by atoms with Gasteiger partial charge in [-0.25, -0.2) is 0 Å². The number of carbonyl (C=O) groups is 1. The zero-order valence-electron chi connectivity index (χ0n) is 7.03. The average molecular weight is 172 g/mol. The summed E-state index contributed by atoms with van der Waals surface area (Å²) < 4.78 is 0. The molecule has 0 aromatic heterocycles. The third-order valence-corrected chi connectivity index (χ3v) is 2.01. The molecule has 0 aliphatic carbocycles. The Bertz CT molecular complexity index is 388. The van der Waals surface area contributed by atoms with Crippen LogP contribution in [-0.4, -0.2) is 23.9 Å². The predicted molar refractivity (Wildman–Crippen MR) is 47.1 cm³/mol. The highest BCUT2D eigenvalue weighted by molar-refractivity contribution is 5.97. The maximum atomic E-state index is 11.6. The minimum Gasteiger partial charge on any atom is -0.335 e. The molecule has 1 aromatic carbocycles. The Morgan fingerprint density at radius 3 is 2.69 bits per heavy atom. The molecule has 3 heteroatoms. The monoisotopic (exact) mass is 172 g/mol. The molecule has 2 rings (SSSR count). The molecule has 0 N–H and O–H groups in total. The van der Waals surface area contributed by atoms with Gasteiger partial charge < -0.3 is 4.90 Å². The summed E-state index contributed by atoms with van der Waals surface area (Å²) >= 11 is 0. The topological polar surface area (TPSA) is 43.9 Å². The number of hydrogen-bond donors (Lipinski definition) is 0. The van der Waals surface area contributed by atoms with Gasteiger partial charge in [0.1, 0.15) is 0 Å². The number of nitriles is 1. The molecule has 0 unspecified atom stereocenters. The summed E-state index contributed by atoms with van der Waals surface area (Å²) in [6, 6.07) is 8.91. The second kappa shape index (κ2) is 2.91. The molecule has 1 amide bonds. The normalized spacial score (nSPS) is 13.6. The van der Waals surface area contributed by atoms with Gasteiger partial charge in [0.05, 0.1) is 17.2 Å². The Balaban J connectivity index is 2.38. The van der Waals surface area contributed by atoms with Gasteiger partial charge in [-0.15, -0.1) is 0 Å². The van der Waals surface area contributed by atoms with Gasteiger partial charge in [0.15, 0.2) is 0 Å². The molecule has 0 bridgehead atoms. The van der Waals surface area contributed by atoms with E-state index in [1.165, 1.54) is 0 Å². The number of amides is 1. The van der Waals surface area contributed by atoms with Crippen molar-refractivity contribution in [1.29, 1.82) is 5.26 Å². The fraction of sp³-hybridized carbons (Fsp3) is 0.200. The smallest absolute Gasteiger partial charge is 0.255 e. The molecule has 1 aromatic rings. The van der Waals surface area contributed by atoms with Crippen molar-refractivity contribution in [3.63, 3.8) is 0 Å². The van der Waals surface area contributed by atoms with Crippen molar-refractivity contribution < 1.29 is 4.79 Å². The molecule has 1 heterocycles.